The molecule has 2 fully saturated rings. The van der Waals surface area contributed by atoms with Crippen molar-refractivity contribution in [3.8, 4) is 10.4 Å². The summed E-state index contributed by atoms with van der Waals surface area (Å²) in [6.45, 7) is 1.05. The van der Waals surface area contributed by atoms with Crippen LogP contribution in [-0.4, -0.2) is 6.04 Å². The molecule has 1 N–H and O–H groups in total. The fourth-order valence-corrected chi connectivity index (χ4v) is 4.92. The number of hydrogen-bond donors (Lipinski definition) is 1. The molecule has 1 aromatic carbocycles. The van der Waals surface area contributed by atoms with Gasteiger partial charge in [0.15, 0.2) is 0 Å². The van der Waals surface area contributed by atoms with Crippen molar-refractivity contribution < 1.29 is 0 Å². The molecule has 3 unspecified atom stereocenters. The predicted molar refractivity (Wildman–Crippen MR) is 85.8 cm³/mol. The summed E-state index contributed by atoms with van der Waals surface area (Å²) < 4.78 is 0. The highest BCUT2D eigenvalue weighted by molar-refractivity contribution is 7.15. The first-order chi connectivity index (χ1) is 9.88. The third kappa shape index (κ3) is 2.43. The van der Waals surface area contributed by atoms with Crippen molar-refractivity contribution >= 4 is 11.3 Å². The monoisotopic (exact) mass is 283 g/mol. The summed E-state index contributed by atoms with van der Waals surface area (Å²) in [5.74, 6) is 1.99. The van der Waals surface area contributed by atoms with Crippen LogP contribution in [0.5, 0.6) is 0 Å². The second kappa shape index (κ2) is 5.34. The van der Waals surface area contributed by atoms with Gasteiger partial charge in [-0.25, -0.2) is 0 Å². The average molecular weight is 283 g/mol. The van der Waals surface area contributed by atoms with E-state index in [2.05, 4.69) is 47.8 Å². The summed E-state index contributed by atoms with van der Waals surface area (Å²) in [6, 6.07) is 16.0. The molecule has 2 saturated carbocycles. The van der Waals surface area contributed by atoms with Gasteiger partial charge in [0.1, 0.15) is 0 Å². The molecule has 2 bridgehead atoms. The lowest BCUT2D eigenvalue weighted by atomic mass is 9.95. The van der Waals surface area contributed by atoms with Gasteiger partial charge in [0.2, 0.25) is 0 Å². The highest BCUT2D eigenvalue weighted by Crippen LogP contribution is 2.44. The van der Waals surface area contributed by atoms with Crippen LogP contribution in [0.15, 0.2) is 42.5 Å². The van der Waals surface area contributed by atoms with Crippen LogP contribution in [0.25, 0.3) is 10.4 Å². The fourth-order valence-electron chi connectivity index (χ4n) is 3.96. The molecule has 1 heterocycles. The van der Waals surface area contributed by atoms with Gasteiger partial charge >= 0.3 is 0 Å². The standard InChI is InChI=1S/C18H21NS/c1-2-4-14(5-3-1)18-9-8-16(20-18)12-19-17-11-13-6-7-15(17)10-13/h1-5,8-9,13,15,17,19H,6-7,10-12H2. The average Bonchev–Trinajstić information content (AvgIpc) is 3.22. The molecule has 0 aliphatic heterocycles. The Morgan fingerprint density at radius 3 is 2.65 bits per heavy atom. The number of benzene rings is 1. The fraction of sp³-hybridized carbons (Fsp3) is 0.444. The Labute approximate surface area is 125 Å². The molecule has 2 heteroatoms. The molecule has 2 aromatic rings. The maximum Gasteiger partial charge on any atom is 0.0346 e. The van der Waals surface area contributed by atoms with E-state index >= 15 is 0 Å². The minimum atomic E-state index is 0.788. The lowest BCUT2D eigenvalue weighted by molar-refractivity contribution is 0.351. The molecule has 1 nitrogen and oxygen atoms in total. The predicted octanol–water partition coefficient (Wildman–Crippen LogP) is 4.69. The normalized spacial score (nSPS) is 28.1. The minimum absolute atomic E-state index is 0.788. The summed E-state index contributed by atoms with van der Waals surface area (Å²) >= 11 is 1.93. The summed E-state index contributed by atoms with van der Waals surface area (Å²) in [5, 5.41) is 3.80. The molecule has 3 atom stereocenters. The Kier molecular flexibility index (Phi) is 3.37. The SMILES string of the molecule is c1ccc(-c2ccc(CNC3CC4CCC3C4)s2)cc1. The van der Waals surface area contributed by atoms with Crippen molar-refractivity contribution in [3.63, 3.8) is 0 Å². The first kappa shape index (κ1) is 12.6. The van der Waals surface area contributed by atoms with Crippen LogP contribution in [0.4, 0.5) is 0 Å². The molecule has 4 rings (SSSR count). The van der Waals surface area contributed by atoms with Crippen LogP contribution < -0.4 is 5.32 Å². The van der Waals surface area contributed by atoms with Crippen LogP contribution in [0, 0.1) is 11.8 Å². The highest BCUT2D eigenvalue weighted by atomic mass is 32.1. The van der Waals surface area contributed by atoms with Crippen LogP contribution in [-0.2, 0) is 6.54 Å². The van der Waals surface area contributed by atoms with Gasteiger partial charge in [0, 0.05) is 22.3 Å². The Balaban J connectivity index is 1.39. The summed E-state index contributed by atoms with van der Waals surface area (Å²) in [4.78, 5) is 2.85. The van der Waals surface area contributed by atoms with Crippen molar-refractivity contribution in [1.29, 1.82) is 0 Å². The van der Waals surface area contributed by atoms with E-state index in [-0.39, 0.29) is 0 Å². The Morgan fingerprint density at radius 2 is 1.90 bits per heavy atom. The molecule has 1 aromatic heterocycles. The van der Waals surface area contributed by atoms with Gasteiger partial charge in [-0.2, -0.15) is 0 Å². The number of hydrogen-bond acceptors (Lipinski definition) is 2. The summed E-state index contributed by atoms with van der Waals surface area (Å²) in [5.41, 5.74) is 1.34. The van der Waals surface area contributed by atoms with E-state index in [9.17, 15) is 0 Å². The van der Waals surface area contributed by atoms with Crippen molar-refractivity contribution in [2.24, 2.45) is 11.8 Å². The number of fused-ring (bicyclic) bond motifs is 2. The first-order valence-corrected chi connectivity index (χ1v) is 8.57. The second-order valence-corrected chi connectivity index (χ2v) is 7.46. The zero-order chi connectivity index (χ0) is 13.4. The smallest absolute Gasteiger partial charge is 0.0346 e. The molecule has 2 aliphatic rings. The number of thiophene rings is 1. The number of rotatable bonds is 4. The lowest BCUT2D eigenvalue weighted by Crippen LogP contribution is -2.33. The molecule has 0 amide bonds. The quantitative estimate of drug-likeness (QED) is 0.858. The Hall–Kier alpha value is -1.12. The van der Waals surface area contributed by atoms with Gasteiger partial charge < -0.3 is 5.32 Å². The molecule has 2 aliphatic carbocycles. The molecule has 104 valence electrons. The first-order valence-electron chi connectivity index (χ1n) is 7.76. The third-order valence-corrected chi connectivity index (χ3v) is 6.13. The summed E-state index contributed by atoms with van der Waals surface area (Å²) in [6.07, 6.45) is 5.85. The van der Waals surface area contributed by atoms with Gasteiger partial charge in [-0.05, 0) is 48.8 Å². The van der Waals surface area contributed by atoms with E-state index in [1.807, 2.05) is 11.3 Å². The van der Waals surface area contributed by atoms with E-state index < -0.39 is 0 Å². The van der Waals surface area contributed by atoms with Gasteiger partial charge in [-0.15, -0.1) is 11.3 Å². The summed E-state index contributed by atoms with van der Waals surface area (Å²) in [7, 11) is 0. The molecule has 0 spiro atoms. The van der Waals surface area contributed by atoms with Crippen LogP contribution in [0.2, 0.25) is 0 Å². The minimum Gasteiger partial charge on any atom is -0.309 e. The van der Waals surface area contributed by atoms with E-state index in [1.165, 1.54) is 41.0 Å². The van der Waals surface area contributed by atoms with Crippen molar-refractivity contribution in [1.82, 2.24) is 5.32 Å². The number of nitrogens with one attached hydrogen (secondary N) is 1. The van der Waals surface area contributed by atoms with E-state index in [0.717, 1.165) is 24.4 Å². The van der Waals surface area contributed by atoms with Gasteiger partial charge in [0.05, 0.1) is 0 Å². The highest BCUT2D eigenvalue weighted by Gasteiger charge is 2.38. The van der Waals surface area contributed by atoms with Crippen LogP contribution in [0.1, 0.15) is 30.6 Å². The van der Waals surface area contributed by atoms with Crippen molar-refractivity contribution in [2.75, 3.05) is 0 Å². The third-order valence-electron chi connectivity index (χ3n) is 5.00. The van der Waals surface area contributed by atoms with Crippen molar-refractivity contribution in [3.05, 3.63) is 47.3 Å². The second-order valence-electron chi connectivity index (χ2n) is 6.29. The van der Waals surface area contributed by atoms with Crippen LogP contribution >= 0.6 is 11.3 Å². The van der Waals surface area contributed by atoms with Gasteiger partial charge in [-0.3, -0.25) is 0 Å². The molecule has 0 saturated heterocycles. The molecule has 0 radical (unpaired) electrons. The molecule has 20 heavy (non-hydrogen) atoms. The maximum atomic E-state index is 3.80. The zero-order valence-electron chi connectivity index (χ0n) is 11.7. The van der Waals surface area contributed by atoms with E-state index in [1.54, 1.807) is 0 Å². The van der Waals surface area contributed by atoms with E-state index in [4.69, 9.17) is 0 Å². The maximum absolute atomic E-state index is 3.80. The van der Waals surface area contributed by atoms with E-state index in [0.29, 0.717) is 0 Å². The topological polar surface area (TPSA) is 12.0 Å². The lowest BCUT2D eigenvalue weighted by Gasteiger charge is -2.22. The zero-order valence-corrected chi connectivity index (χ0v) is 12.5. The van der Waals surface area contributed by atoms with Crippen molar-refractivity contribution in [2.45, 2.75) is 38.3 Å². The largest absolute Gasteiger partial charge is 0.309 e. The molecular weight excluding hydrogens is 262 g/mol. The van der Waals surface area contributed by atoms with Crippen LogP contribution in [0.3, 0.4) is 0 Å². The Morgan fingerprint density at radius 1 is 1.00 bits per heavy atom. The van der Waals surface area contributed by atoms with Gasteiger partial charge in [0.25, 0.3) is 0 Å². The Bertz CT molecular complexity index is 574. The van der Waals surface area contributed by atoms with Gasteiger partial charge in [-0.1, -0.05) is 36.8 Å². The molecular formula is C18H21NS.